The molecule has 0 saturated heterocycles. The van der Waals surface area contributed by atoms with Crippen LogP contribution in [-0.2, 0) is 6.54 Å². The molecule has 0 fully saturated rings. The van der Waals surface area contributed by atoms with Gasteiger partial charge in [0.1, 0.15) is 0 Å². The van der Waals surface area contributed by atoms with Crippen molar-refractivity contribution >= 4 is 10.9 Å². The van der Waals surface area contributed by atoms with Crippen LogP contribution in [0.15, 0.2) is 47.5 Å². The van der Waals surface area contributed by atoms with E-state index >= 15 is 0 Å². The standard InChI is InChI=1S/C15H11F2N3O2/c16-11-4-3-9(6-12(11)17)14(21)8-20-15(22)10-2-1-5-18-13(10)7-19-20/h1-7,14,21H,8H2/t14-/m0/s1. The van der Waals surface area contributed by atoms with Crippen LogP contribution in [0.25, 0.3) is 10.9 Å². The molecule has 0 radical (unpaired) electrons. The van der Waals surface area contributed by atoms with E-state index in [1.807, 2.05) is 0 Å². The van der Waals surface area contributed by atoms with Crippen LogP contribution in [-0.4, -0.2) is 19.9 Å². The molecule has 0 aliphatic rings. The van der Waals surface area contributed by atoms with Crippen molar-refractivity contribution in [3.63, 3.8) is 0 Å². The highest BCUT2D eigenvalue weighted by molar-refractivity contribution is 5.75. The van der Waals surface area contributed by atoms with Gasteiger partial charge in [-0.05, 0) is 29.8 Å². The maximum atomic E-state index is 13.2. The van der Waals surface area contributed by atoms with Crippen LogP contribution in [0.4, 0.5) is 8.78 Å². The molecule has 3 rings (SSSR count). The number of fused-ring (bicyclic) bond motifs is 1. The Bertz CT molecular complexity index is 895. The average molecular weight is 303 g/mol. The maximum Gasteiger partial charge on any atom is 0.276 e. The summed E-state index contributed by atoms with van der Waals surface area (Å²) in [4.78, 5) is 16.2. The number of rotatable bonds is 3. The van der Waals surface area contributed by atoms with E-state index in [4.69, 9.17) is 0 Å². The lowest BCUT2D eigenvalue weighted by Gasteiger charge is -2.12. The average Bonchev–Trinajstić information content (AvgIpc) is 2.53. The van der Waals surface area contributed by atoms with Gasteiger partial charge in [0.05, 0.1) is 29.7 Å². The lowest BCUT2D eigenvalue weighted by atomic mass is 10.1. The van der Waals surface area contributed by atoms with Crippen molar-refractivity contribution in [3.05, 3.63) is 70.3 Å². The van der Waals surface area contributed by atoms with Gasteiger partial charge < -0.3 is 5.11 Å². The number of hydrogen-bond donors (Lipinski definition) is 1. The number of hydrogen-bond acceptors (Lipinski definition) is 4. The third-order valence-electron chi connectivity index (χ3n) is 3.30. The van der Waals surface area contributed by atoms with E-state index in [2.05, 4.69) is 10.1 Å². The zero-order valence-corrected chi connectivity index (χ0v) is 11.3. The molecule has 1 atom stereocenters. The van der Waals surface area contributed by atoms with Gasteiger partial charge in [-0.15, -0.1) is 0 Å². The predicted molar refractivity (Wildman–Crippen MR) is 75.1 cm³/mol. The fraction of sp³-hybridized carbons (Fsp3) is 0.133. The van der Waals surface area contributed by atoms with E-state index in [-0.39, 0.29) is 12.1 Å². The highest BCUT2D eigenvalue weighted by Gasteiger charge is 2.14. The molecule has 2 heterocycles. The zero-order chi connectivity index (χ0) is 15.7. The van der Waals surface area contributed by atoms with Crippen LogP contribution < -0.4 is 5.56 Å². The molecular formula is C15H11F2N3O2. The van der Waals surface area contributed by atoms with Gasteiger partial charge in [-0.3, -0.25) is 9.78 Å². The second kappa shape index (κ2) is 5.61. The smallest absolute Gasteiger partial charge is 0.276 e. The summed E-state index contributed by atoms with van der Waals surface area (Å²) in [5, 5.41) is 14.4. The summed E-state index contributed by atoms with van der Waals surface area (Å²) < 4.78 is 27.1. The summed E-state index contributed by atoms with van der Waals surface area (Å²) in [6.07, 6.45) is 1.77. The minimum absolute atomic E-state index is 0.166. The summed E-state index contributed by atoms with van der Waals surface area (Å²) >= 11 is 0. The molecule has 3 aromatic rings. The third-order valence-corrected chi connectivity index (χ3v) is 3.30. The summed E-state index contributed by atoms with van der Waals surface area (Å²) in [6.45, 7) is -0.172. The molecular weight excluding hydrogens is 292 g/mol. The zero-order valence-electron chi connectivity index (χ0n) is 11.3. The third kappa shape index (κ3) is 2.58. The molecule has 22 heavy (non-hydrogen) atoms. The largest absolute Gasteiger partial charge is 0.386 e. The lowest BCUT2D eigenvalue weighted by Crippen LogP contribution is -2.26. The van der Waals surface area contributed by atoms with Gasteiger partial charge in [-0.2, -0.15) is 5.10 Å². The highest BCUT2D eigenvalue weighted by atomic mass is 19.2. The quantitative estimate of drug-likeness (QED) is 0.801. The fourth-order valence-corrected chi connectivity index (χ4v) is 2.14. The van der Waals surface area contributed by atoms with Crippen molar-refractivity contribution in [3.8, 4) is 0 Å². The second-order valence-electron chi connectivity index (χ2n) is 4.76. The van der Waals surface area contributed by atoms with E-state index in [1.165, 1.54) is 12.3 Å². The van der Waals surface area contributed by atoms with E-state index < -0.39 is 23.3 Å². The van der Waals surface area contributed by atoms with E-state index in [1.54, 1.807) is 18.3 Å². The van der Waals surface area contributed by atoms with E-state index in [0.717, 1.165) is 16.8 Å². The molecule has 5 nitrogen and oxygen atoms in total. The van der Waals surface area contributed by atoms with Gasteiger partial charge in [0, 0.05) is 6.20 Å². The van der Waals surface area contributed by atoms with Crippen LogP contribution in [0.5, 0.6) is 0 Å². The number of aliphatic hydroxyl groups excluding tert-OH is 1. The van der Waals surface area contributed by atoms with Crippen LogP contribution in [0, 0.1) is 11.6 Å². The minimum Gasteiger partial charge on any atom is -0.386 e. The summed E-state index contributed by atoms with van der Waals surface area (Å²) in [5.74, 6) is -2.05. The molecule has 0 saturated carbocycles. The maximum absolute atomic E-state index is 13.2. The molecule has 1 aromatic carbocycles. The Labute approximate surface area is 123 Å². The molecule has 7 heteroatoms. The molecule has 0 aliphatic carbocycles. The second-order valence-corrected chi connectivity index (χ2v) is 4.76. The Morgan fingerprint density at radius 3 is 2.82 bits per heavy atom. The van der Waals surface area contributed by atoms with E-state index in [9.17, 15) is 18.7 Å². The summed E-state index contributed by atoms with van der Waals surface area (Å²) in [5.41, 5.74) is 0.206. The molecule has 2 aromatic heterocycles. The lowest BCUT2D eigenvalue weighted by molar-refractivity contribution is 0.149. The van der Waals surface area contributed by atoms with Crippen molar-refractivity contribution < 1.29 is 13.9 Å². The Morgan fingerprint density at radius 1 is 1.23 bits per heavy atom. The van der Waals surface area contributed by atoms with E-state index in [0.29, 0.717) is 10.9 Å². The van der Waals surface area contributed by atoms with Crippen molar-refractivity contribution in [2.75, 3.05) is 0 Å². The normalized spacial score (nSPS) is 12.5. The van der Waals surface area contributed by atoms with Crippen molar-refractivity contribution in [1.82, 2.24) is 14.8 Å². The first-order valence-corrected chi connectivity index (χ1v) is 6.50. The van der Waals surface area contributed by atoms with Crippen LogP contribution in [0.3, 0.4) is 0 Å². The van der Waals surface area contributed by atoms with Crippen molar-refractivity contribution in [2.24, 2.45) is 0 Å². The molecule has 0 aliphatic heterocycles. The monoisotopic (exact) mass is 303 g/mol. The van der Waals surface area contributed by atoms with Gasteiger partial charge in [0.25, 0.3) is 5.56 Å². The van der Waals surface area contributed by atoms with Crippen LogP contribution in [0.2, 0.25) is 0 Å². The summed E-state index contributed by atoms with van der Waals surface area (Å²) in [7, 11) is 0. The number of benzene rings is 1. The van der Waals surface area contributed by atoms with Gasteiger partial charge >= 0.3 is 0 Å². The van der Waals surface area contributed by atoms with Gasteiger partial charge in [-0.25, -0.2) is 13.5 Å². The molecule has 0 spiro atoms. The Morgan fingerprint density at radius 2 is 2.05 bits per heavy atom. The van der Waals surface area contributed by atoms with Crippen molar-refractivity contribution in [1.29, 1.82) is 0 Å². The first-order chi connectivity index (χ1) is 10.6. The Hall–Kier alpha value is -2.67. The SMILES string of the molecule is O=c1c2cccnc2cnn1C[C@H](O)c1ccc(F)c(F)c1. The minimum atomic E-state index is -1.19. The van der Waals surface area contributed by atoms with Crippen molar-refractivity contribution in [2.45, 2.75) is 12.6 Å². The Kier molecular flexibility index (Phi) is 3.64. The van der Waals surface area contributed by atoms with Crippen LogP contribution in [0.1, 0.15) is 11.7 Å². The number of aromatic nitrogens is 3. The fourth-order valence-electron chi connectivity index (χ4n) is 2.14. The van der Waals surface area contributed by atoms with Gasteiger partial charge in [0.15, 0.2) is 11.6 Å². The highest BCUT2D eigenvalue weighted by Crippen LogP contribution is 2.17. The molecule has 0 bridgehead atoms. The molecule has 0 unspecified atom stereocenters. The molecule has 112 valence electrons. The first-order valence-electron chi connectivity index (χ1n) is 6.50. The number of nitrogens with zero attached hydrogens (tertiary/aromatic N) is 3. The number of aliphatic hydroxyl groups is 1. The van der Waals surface area contributed by atoms with Crippen LogP contribution >= 0.6 is 0 Å². The number of pyridine rings is 1. The predicted octanol–water partition coefficient (Wildman–Crippen LogP) is 1.80. The first kappa shape index (κ1) is 14.3. The topological polar surface area (TPSA) is 68.0 Å². The van der Waals surface area contributed by atoms with Gasteiger partial charge in [-0.1, -0.05) is 6.07 Å². The van der Waals surface area contributed by atoms with Gasteiger partial charge in [0.2, 0.25) is 0 Å². The number of halogens is 2. The summed E-state index contributed by atoms with van der Waals surface area (Å²) in [6, 6.07) is 6.31. The molecule has 0 amide bonds. The Balaban J connectivity index is 1.94. The molecule has 1 N–H and O–H groups in total.